The van der Waals surface area contributed by atoms with Crippen LogP contribution in [0, 0.1) is 25.6 Å². The lowest BCUT2D eigenvalue weighted by atomic mass is 10.1. The first-order valence-electron chi connectivity index (χ1n) is 8.68. The summed E-state index contributed by atoms with van der Waals surface area (Å²) >= 11 is 0. The van der Waals surface area contributed by atoms with Crippen LogP contribution in [0.25, 0.3) is 0 Å². The van der Waals surface area contributed by atoms with Crippen molar-refractivity contribution in [3.63, 3.8) is 0 Å². The molecule has 1 heterocycles. The number of rotatable bonds is 5. The van der Waals surface area contributed by atoms with Gasteiger partial charge in [-0.05, 0) is 55.3 Å². The zero-order valence-electron chi connectivity index (χ0n) is 15.2. The Bertz CT molecular complexity index is 892. The van der Waals surface area contributed by atoms with Crippen molar-refractivity contribution in [1.29, 1.82) is 0 Å². The Morgan fingerprint density at radius 2 is 1.85 bits per heavy atom. The first-order valence-corrected chi connectivity index (χ1v) is 8.68. The smallest absolute Gasteiger partial charge is 0.311 e. The topological polar surface area (TPSA) is 63.7 Å². The highest BCUT2D eigenvalue weighted by Gasteiger charge is 2.36. The number of carbonyl (C=O) groups is 3. The fraction of sp³-hybridized carbons (Fsp3) is 0.286. The third-order valence-electron chi connectivity index (χ3n) is 4.63. The van der Waals surface area contributed by atoms with Crippen molar-refractivity contribution >= 4 is 23.3 Å². The normalized spacial score (nSPS) is 16.5. The second-order valence-corrected chi connectivity index (χ2v) is 6.73. The van der Waals surface area contributed by atoms with Crippen molar-refractivity contribution in [2.75, 3.05) is 18.1 Å². The lowest BCUT2D eigenvalue weighted by Crippen LogP contribution is -2.27. The van der Waals surface area contributed by atoms with Crippen LogP contribution in [0.1, 0.15) is 27.9 Å². The largest absolute Gasteiger partial charge is 0.457 e. The second-order valence-electron chi connectivity index (χ2n) is 6.73. The molecule has 1 amide bonds. The molecular formula is C21H20FNO4. The number of ether oxygens (including phenoxy) is 1. The second kappa shape index (κ2) is 7.70. The van der Waals surface area contributed by atoms with Gasteiger partial charge in [-0.15, -0.1) is 0 Å². The summed E-state index contributed by atoms with van der Waals surface area (Å²) < 4.78 is 18.0. The van der Waals surface area contributed by atoms with Crippen LogP contribution in [-0.2, 0) is 14.3 Å². The van der Waals surface area contributed by atoms with Gasteiger partial charge in [0.1, 0.15) is 5.82 Å². The molecule has 1 atom stereocenters. The molecule has 0 N–H and O–H groups in total. The van der Waals surface area contributed by atoms with Gasteiger partial charge in [-0.1, -0.05) is 12.1 Å². The van der Waals surface area contributed by atoms with E-state index in [1.165, 1.54) is 24.3 Å². The molecule has 5 nitrogen and oxygen atoms in total. The van der Waals surface area contributed by atoms with Crippen LogP contribution in [0.15, 0.2) is 42.5 Å². The fourth-order valence-corrected chi connectivity index (χ4v) is 3.08. The van der Waals surface area contributed by atoms with Gasteiger partial charge in [0.25, 0.3) is 0 Å². The highest BCUT2D eigenvalue weighted by molar-refractivity contribution is 6.01. The van der Waals surface area contributed by atoms with Crippen molar-refractivity contribution in [2.45, 2.75) is 20.3 Å². The summed E-state index contributed by atoms with van der Waals surface area (Å²) in [6.45, 7) is 3.65. The number of benzene rings is 2. The number of hydrogen-bond donors (Lipinski definition) is 0. The Kier molecular flexibility index (Phi) is 5.35. The van der Waals surface area contributed by atoms with E-state index in [0.29, 0.717) is 0 Å². The van der Waals surface area contributed by atoms with E-state index in [0.717, 1.165) is 16.8 Å². The lowest BCUT2D eigenvalue weighted by Gasteiger charge is -2.19. The molecule has 2 aromatic carbocycles. The number of esters is 1. The predicted molar refractivity (Wildman–Crippen MR) is 98.1 cm³/mol. The van der Waals surface area contributed by atoms with Crippen molar-refractivity contribution in [1.82, 2.24) is 0 Å². The number of Topliss-reactive ketones (excluding diaryl/α,β-unsaturated/α-hetero) is 1. The third kappa shape index (κ3) is 4.22. The standard InChI is InChI=1S/C21H20FNO4/c1-13-3-4-14(2)18(9-13)23-11-16(10-20(23)25)21(26)27-12-19(24)15-5-7-17(22)8-6-15/h3-9,16H,10-12H2,1-2H3/t16-/m1/s1. The number of ketones is 1. The number of nitrogens with zero attached hydrogens (tertiary/aromatic N) is 1. The molecule has 27 heavy (non-hydrogen) atoms. The molecule has 0 radical (unpaired) electrons. The number of hydrogen-bond acceptors (Lipinski definition) is 4. The summed E-state index contributed by atoms with van der Waals surface area (Å²) in [5.41, 5.74) is 3.04. The molecule has 0 aromatic heterocycles. The van der Waals surface area contributed by atoms with E-state index in [4.69, 9.17) is 4.74 Å². The highest BCUT2D eigenvalue weighted by Crippen LogP contribution is 2.29. The lowest BCUT2D eigenvalue weighted by molar-refractivity contribution is -0.147. The number of aryl methyl sites for hydroxylation is 2. The summed E-state index contributed by atoms with van der Waals surface area (Å²) in [5, 5.41) is 0. The van der Waals surface area contributed by atoms with Crippen molar-refractivity contribution in [3.8, 4) is 0 Å². The van der Waals surface area contributed by atoms with Crippen molar-refractivity contribution in [2.24, 2.45) is 5.92 Å². The molecular weight excluding hydrogens is 349 g/mol. The SMILES string of the molecule is Cc1ccc(C)c(N2C[C@H](C(=O)OCC(=O)c3ccc(F)cc3)CC2=O)c1. The van der Waals surface area contributed by atoms with E-state index in [-0.39, 0.29) is 24.4 Å². The molecule has 0 spiro atoms. The first-order chi connectivity index (χ1) is 12.8. The molecule has 1 aliphatic heterocycles. The van der Waals surface area contributed by atoms with E-state index < -0.39 is 30.1 Å². The molecule has 6 heteroatoms. The molecule has 1 fully saturated rings. The fourth-order valence-electron chi connectivity index (χ4n) is 3.08. The van der Waals surface area contributed by atoms with Gasteiger partial charge in [-0.25, -0.2) is 4.39 Å². The van der Waals surface area contributed by atoms with Crippen LogP contribution in [-0.4, -0.2) is 30.8 Å². The molecule has 3 rings (SSSR count). The molecule has 0 saturated carbocycles. The molecule has 2 aromatic rings. The van der Waals surface area contributed by atoms with Crippen LogP contribution in [0.5, 0.6) is 0 Å². The Hall–Kier alpha value is -3.02. The van der Waals surface area contributed by atoms with Crippen LogP contribution < -0.4 is 4.90 Å². The van der Waals surface area contributed by atoms with Crippen molar-refractivity contribution in [3.05, 3.63) is 65.0 Å². The van der Waals surface area contributed by atoms with Gasteiger partial charge in [0.15, 0.2) is 12.4 Å². The Labute approximate surface area is 156 Å². The van der Waals surface area contributed by atoms with E-state index >= 15 is 0 Å². The monoisotopic (exact) mass is 369 g/mol. The van der Waals surface area contributed by atoms with Crippen LogP contribution in [0.4, 0.5) is 10.1 Å². The maximum atomic E-state index is 12.9. The molecule has 0 aliphatic carbocycles. The van der Waals surface area contributed by atoms with E-state index in [9.17, 15) is 18.8 Å². The summed E-state index contributed by atoms with van der Waals surface area (Å²) in [5.74, 6) is -2.20. The minimum atomic E-state index is -0.613. The molecule has 1 aliphatic rings. The Balaban J connectivity index is 1.61. The average molecular weight is 369 g/mol. The number of amides is 1. The average Bonchev–Trinajstić information content (AvgIpc) is 3.03. The van der Waals surface area contributed by atoms with E-state index in [1.54, 1.807) is 4.90 Å². The van der Waals surface area contributed by atoms with E-state index in [1.807, 2.05) is 32.0 Å². The van der Waals surface area contributed by atoms with Gasteiger partial charge >= 0.3 is 5.97 Å². The van der Waals surface area contributed by atoms with Gasteiger partial charge in [0.2, 0.25) is 5.91 Å². The summed E-state index contributed by atoms with van der Waals surface area (Å²) in [6.07, 6.45) is 0.0525. The predicted octanol–water partition coefficient (Wildman–Crippen LogP) is 3.22. The quantitative estimate of drug-likeness (QED) is 0.600. The van der Waals surface area contributed by atoms with Gasteiger partial charge in [0, 0.05) is 24.2 Å². The van der Waals surface area contributed by atoms with Crippen LogP contribution >= 0.6 is 0 Å². The highest BCUT2D eigenvalue weighted by atomic mass is 19.1. The first kappa shape index (κ1) is 18.8. The molecule has 1 saturated heterocycles. The van der Waals surface area contributed by atoms with Gasteiger partial charge < -0.3 is 9.64 Å². The van der Waals surface area contributed by atoms with Crippen LogP contribution in [0.3, 0.4) is 0 Å². The zero-order valence-corrected chi connectivity index (χ0v) is 15.2. The summed E-state index contributed by atoms with van der Waals surface area (Å²) in [6, 6.07) is 10.8. The third-order valence-corrected chi connectivity index (χ3v) is 4.63. The molecule has 140 valence electrons. The Morgan fingerprint density at radius 3 is 2.56 bits per heavy atom. The summed E-state index contributed by atoms with van der Waals surface area (Å²) in [7, 11) is 0. The van der Waals surface area contributed by atoms with Gasteiger partial charge in [-0.2, -0.15) is 0 Å². The zero-order chi connectivity index (χ0) is 19.6. The van der Waals surface area contributed by atoms with E-state index in [2.05, 4.69) is 0 Å². The van der Waals surface area contributed by atoms with Crippen molar-refractivity contribution < 1.29 is 23.5 Å². The minimum Gasteiger partial charge on any atom is -0.457 e. The number of halogens is 1. The Morgan fingerprint density at radius 1 is 1.15 bits per heavy atom. The summed E-state index contributed by atoms with van der Waals surface area (Å²) in [4.78, 5) is 38.3. The number of carbonyl (C=O) groups excluding carboxylic acids is 3. The maximum Gasteiger partial charge on any atom is 0.311 e. The maximum absolute atomic E-state index is 12.9. The minimum absolute atomic E-state index is 0.0525. The molecule has 0 unspecified atom stereocenters. The number of anilines is 1. The molecule has 0 bridgehead atoms. The van der Waals surface area contributed by atoms with Gasteiger partial charge in [-0.3, -0.25) is 14.4 Å². The van der Waals surface area contributed by atoms with Gasteiger partial charge in [0.05, 0.1) is 5.92 Å². The van der Waals surface area contributed by atoms with Crippen LogP contribution in [0.2, 0.25) is 0 Å².